The second-order valence-electron chi connectivity index (χ2n) is 2.88. The average molecular weight is 184 g/mol. The summed E-state index contributed by atoms with van der Waals surface area (Å²) in [6.45, 7) is 1.59. The van der Waals surface area contributed by atoms with Crippen molar-refractivity contribution in [1.82, 2.24) is 4.98 Å². The number of anilines is 1. The van der Waals surface area contributed by atoms with Gasteiger partial charge < -0.3 is 4.90 Å². The first-order chi connectivity index (χ1) is 5.59. The van der Waals surface area contributed by atoms with Gasteiger partial charge in [-0.25, -0.2) is 4.98 Å². The Hall–Kier alpha value is -0.900. The number of aromatic nitrogens is 1. The van der Waals surface area contributed by atoms with Crippen LogP contribution in [0.3, 0.4) is 0 Å². The van der Waals surface area contributed by atoms with E-state index in [1.807, 2.05) is 19.0 Å². The molecule has 3 nitrogen and oxygen atoms in total. The number of ketones is 1. The molecule has 0 aliphatic rings. The molecule has 1 rings (SSSR count). The highest BCUT2D eigenvalue weighted by Crippen LogP contribution is 2.20. The van der Waals surface area contributed by atoms with E-state index >= 15 is 0 Å². The Morgan fingerprint density at radius 3 is 2.75 bits per heavy atom. The number of carbonyl (C=O) groups is 1. The normalized spacial score (nSPS) is 9.92. The fourth-order valence-electron chi connectivity index (χ4n) is 0.831. The Morgan fingerprint density at radius 2 is 2.33 bits per heavy atom. The molecule has 0 radical (unpaired) electrons. The van der Waals surface area contributed by atoms with Crippen LogP contribution in [0.15, 0.2) is 6.20 Å². The summed E-state index contributed by atoms with van der Waals surface area (Å²) in [4.78, 5) is 17.9. The molecule has 0 aromatic carbocycles. The smallest absolute Gasteiger partial charge is 0.184 e. The summed E-state index contributed by atoms with van der Waals surface area (Å²) in [6, 6.07) is 0. The Morgan fingerprint density at radius 1 is 1.67 bits per heavy atom. The van der Waals surface area contributed by atoms with E-state index in [2.05, 4.69) is 4.98 Å². The minimum Gasteiger partial charge on any atom is -0.354 e. The molecule has 1 heterocycles. The van der Waals surface area contributed by atoms with Gasteiger partial charge in [-0.1, -0.05) is 0 Å². The van der Waals surface area contributed by atoms with E-state index in [0.29, 0.717) is 6.42 Å². The van der Waals surface area contributed by atoms with Crippen molar-refractivity contribution in [3.8, 4) is 0 Å². The molecule has 0 unspecified atom stereocenters. The van der Waals surface area contributed by atoms with E-state index in [-0.39, 0.29) is 5.78 Å². The molecular formula is C8H12N2OS. The molecule has 0 aliphatic heterocycles. The van der Waals surface area contributed by atoms with E-state index in [1.165, 1.54) is 0 Å². The zero-order valence-electron chi connectivity index (χ0n) is 7.50. The van der Waals surface area contributed by atoms with Gasteiger partial charge >= 0.3 is 0 Å². The minimum absolute atomic E-state index is 0.184. The van der Waals surface area contributed by atoms with Gasteiger partial charge in [0.1, 0.15) is 5.78 Å². The fraction of sp³-hybridized carbons (Fsp3) is 0.500. The number of Topliss-reactive ketones (excluding diaryl/α,β-unsaturated/α-hetero) is 1. The Bertz CT molecular complexity index is 280. The Labute approximate surface area is 76.0 Å². The van der Waals surface area contributed by atoms with Crippen molar-refractivity contribution in [3.05, 3.63) is 11.1 Å². The summed E-state index contributed by atoms with van der Waals surface area (Å²) in [7, 11) is 3.88. The van der Waals surface area contributed by atoms with Crippen LogP contribution in [-0.4, -0.2) is 24.9 Å². The van der Waals surface area contributed by atoms with Crippen molar-refractivity contribution in [2.45, 2.75) is 13.3 Å². The first-order valence-electron chi connectivity index (χ1n) is 3.71. The summed E-state index contributed by atoms with van der Waals surface area (Å²) < 4.78 is 0. The topological polar surface area (TPSA) is 33.2 Å². The molecule has 1 aromatic heterocycles. The predicted octanol–water partition coefficient (Wildman–Crippen LogP) is 1.34. The van der Waals surface area contributed by atoms with Gasteiger partial charge in [-0.05, 0) is 6.92 Å². The fourth-order valence-corrected chi connectivity index (χ4v) is 1.73. The van der Waals surface area contributed by atoms with Crippen molar-refractivity contribution in [2.75, 3.05) is 19.0 Å². The summed E-state index contributed by atoms with van der Waals surface area (Å²) in [5, 5.41) is 0.950. The lowest BCUT2D eigenvalue weighted by Gasteiger charge is -2.04. The maximum Gasteiger partial charge on any atom is 0.184 e. The molecule has 0 fully saturated rings. The van der Waals surface area contributed by atoms with E-state index in [1.54, 1.807) is 24.5 Å². The highest BCUT2D eigenvalue weighted by Gasteiger charge is 2.04. The summed E-state index contributed by atoms with van der Waals surface area (Å²) in [6.07, 6.45) is 2.27. The summed E-state index contributed by atoms with van der Waals surface area (Å²) in [5.74, 6) is 0.184. The number of rotatable bonds is 3. The summed E-state index contributed by atoms with van der Waals surface area (Å²) in [5.41, 5.74) is 0. The van der Waals surface area contributed by atoms with Gasteiger partial charge in [0.2, 0.25) is 0 Å². The van der Waals surface area contributed by atoms with Crippen molar-refractivity contribution in [1.29, 1.82) is 0 Å². The highest BCUT2D eigenvalue weighted by atomic mass is 32.1. The SMILES string of the molecule is CC(=O)Cc1cnc(N(C)C)s1. The Kier molecular flexibility index (Phi) is 2.81. The molecule has 0 aliphatic carbocycles. The van der Waals surface area contributed by atoms with Crippen molar-refractivity contribution in [2.24, 2.45) is 0 Å². The predicted molar refractivity (Wildman–Crippen MR) is 50.8 cm³/mol. The third kappa shape index (κ3) is 2.30. The van der Waals surface area contributed by atoms with Crippen molar-refractivity contribution < 1.29 is 4.79 Å². The molecule has 0 atom stereocenters. The lowest BCUT2D eigenvalue weighted by Crippen LogP contribution is -2.07. The number of thiazole rings is 1. The molecular weight excluding hydrogens is 172 g/mol. The molecule has 4 heteroatoms. The van der Waals surface area contributed by atoms with Gasteiger partial charge in [0.15, 0.2) is 5.13 Å². The van der Waals surface area contributed by atoms with Crippen LogP contribution in [0.5, 0.6) is 0 Å². The van der Waals surface area contributed by atoms with Gasteiger partial charge in [-0.3, -0.25) is 4.79 Å². The molecule has 66 valence electrons. The lowest BCUT2D eigenvalue weighted by atomic mass is 10.3. The van der Waals surface area contributed by atoms with Crippen LogP contribution in [0.1, 0.15) is 11.8 Å². The summed E-state index contributed by atoms with van der Waals surface area (Å²) >= 11 is 1.56. The second-order valence-corrected chi connectivity index (χ2v) is 3.98. The lowest BCUT2D eigenvalue weighted by molar-refractivity contribution is -0.116. The maximum absolute atomic E-state index is 10.8. The number of nitrogens with zero attached hydrogens (tertiary/aromatic N) is 2. The molecule has 1 aromatic rings. The largest absolute Gasteiger partial charge is 0.354 e. The van der Waals surface area contributed by atoms with E-state index in [9.17, 15) is 4.79 Å². The van der Waals surface area contributed by atoms with Crippen molar-refractivity contribution >= 4 is 22.3 Å². The molecule has 0 N–H and O–H groups in total. The molecule has 0 saturated carbocycles. The Balaban J connectivity index is 2.70. The zero-order valence-corrected chi connectivity index (χ0v) is 8.31. The maximum atomic E-state index is 10.8. The minimum atomic E-state index is 0.184. The monoisotopic (exact) mass is 184 g/mol. The molecule has 0 spiro atoms. The van der Waals surface area contributed by atoms with E-state index in [0.717, 1.165) is 10.0 Å². The number of hydrogen-bond donors (Lipinski definition) is 0. The standard InChI is InChI=1S/C8H12N2OS/c1-6(11)4-7-5-9-8(12-7)10(2)3/h5H,4H2,1-3H3. The second kappa shape index (κ2) is 3.67. The van der Waals surface area contributed by atoms with Crippen LogP contribution in [0, 0.1) is 0 Å². The van der Waals surface area contributed by atoms with Gasteiger partial charge in [0.25, 0.3) is 0 Å². The highest BCUT2D eigenvalue weighted by molar-refractivity contribution is 7.15. The third-order valence-electron chi connectivity index (χ3n) is 1.35. The zero-order chi connectivity index (χ0) is 9.14. The van der Waals surface area contributed by atoms with Crippen LogP contribution < -0.4 is 4.90 Å². The van der Waals surface area contributed by atoms with Crippen LogP contribution in [0.4, 0.5) is 5.13 Å². The van der Waals surface area contributed by atoms with Gasteiger partial charge in [-0.15, -0.1) is 11.3 Å². The van der Waals surface area contributed by atoms with Gasteiger partial charge in [0, 0.05) is 31.6 Å². The van der Waals surface area contributed by atoms with Crippen LogP contribution >= 0.6 is 11.3 Å². The first kappa shape index (κ1) is 9.19. The van der Waals surface area contributed by atoms with Crippen LogP contribution in [0.2, 0.25) is 0 Å². The van der Waals surface area contributed by atoms with Crippen molar-refractivity contribution in [3.63, 3.8) is 0 Å². The van der Waals surface area contributed by atoms with Crippen LogP contribution in [0.25, 0.3) is 0 Å². The molecule has 0 bridgehead atoms. The average Bonchev–Trinajstić information content (AvgIpc) is 2.34. The molecule has 0 amide bonds. The molecule has 0 saturated heterocycles. The van der Waals surface area contributed by atoms with Gasteiger partial charge in [0.05, 0.1) is 0 Å². The quantitative estimate of drug-likeness (QED) is 0.710. The van der Waals surface area contributed by atoms with Crippen LogP contribution in [-0.2, 0) is 11.2 Å². The third-order valence-corrected chi connectivity index (χ3v) is 2.51. The molecule has 12 heavy (non-hydrogen) atoms. The number of carbonyl (C=O) groups excluding carboxylic acids is 1. The number of hydrogen-bond acceptors (Lipinski definition) is 4. The van der Waals surface area contributed by atoms with E-state index < -0.39 is 0 Å². The first-order valence-corrected chi connectivity index (χ1v) is 4.52. The van der Waals surface area contributed by atoms with Gasteiger partial charge in [-0.2, -0.15) is 0 Å². The van der Waals surface area contributed by atoms with E-state index in [4.69, 9.17) is 0 Å².